The Kier molecular flexibility index (Phi) is 9.61. The smallest absolute Gasteiger partial charge is 0.242 e. The molecule has 0 N–H and O–H groups in total. The van der Waals surface area contributed by atoms with Gasteiger partial charge in [-0.1, -0.05) is 37.3 Å². The van der Waals surface area contributed by atoms with Crippen molar-refractivity contribution in [2.24, 2.45) is 7.05 Å². The van der Waals surface area contributed by atoms with Crippen molar-refractivity contribution >= 4 is 11.8 Å². The van der Waals surface area contributed by atoms with Gasteiger partial charge in [-0.3, -0.25) is 9.59 Å². The first-order valence-electron chi connectivity index (χ1n) is 10.7. The van der Waals surface area contributed by atoms with E-state index >= 15 is 0 Å². The van der Waals surface area contributed by atoms with Crippen LogP contribution in [-0.4, -0.2) is 59.0 Å². The van der Waals surface area contributed by atoms with Crippen LogP contribution in [-0.2, 0) is 34.3 Å². The van der Waals surface area contributed by atoms with E-state index in [4.69, 9.17) is 4.74 Å². The molecule has 1 aromatic carbocycles. The van der Waals surface area contributed by atoms with E-state index in [0.29, 0.717) is 32.5 Å². The molecule has 0 fully saturated rings. The van der Waals surface area contributed by atoms with Gasteiger partial charge >= 0.3 is 0 Å². The third-order valence-electron chi connectivity index (χ3n) is 5.54. The number of hydrogen-bond acceptors (Lipinski definition) is 3. The molecule has 0 aliphatic carbocycles. The fourth-order valence-electron chi connectivity index (χ4n) is 3.35. The summed E-state index contributed by atoms with van der Waals surface area (Å²) in [5.41, 5.74) is 2.18. The Hall–Kier alpha value is -2.60. The zero-order valence-electron chi connectivity index (χ0n) is 18.7. The van der Waals surface area contributed by atoms with Crippen LogP contribution in [0.5, 0.6) is 0 Å². The lowest BCUT2D eigenvalue weighted by Crippen LogP contribution is -2.47. The zero-order chi connectivity index (χ0) is 21.9. The van der Waals surface area contributed by atoms with Crippen LogP contribution < -0.4 is 0 Å². The van der Waals surface area contributed by atoms with Crippen LogP contribution in [0.1, 0.15) is 37.9 Å². The first kappa shape index (κ1) is 23.7. The minimum absolute atomic E-state index is 0.0107. The van der Waals surface area contributed by atoms with E-state index in [1.807, 2.05) is 74.1 Å². The average Bonchev–Trinajstić information content (AvgIpc) is 3.17. The summed E-state index contributed by atoms with van der Waals surface area (Å²) >= 11 is 0. The van der Waals surface area contributed by atoms with Gasteiger partial charge in [0.2, 0.25) is 11.8 Å². The number of carbonyl (C=O) groups excluding carboxylic acids is 2. The minimum atomic E-state index is -0.0541. The van der Waals surface area contributed by atoms with Crippen LogP contribution >= 0.6 is 0 Å². The molecule has 2 amide bonds. The third-order valence-corrected chi connectivity index (χ3v) is 5.54. The molecular weight excluding hydrogens is 378 g/mol. The molecule has 0 radical (unpaired) electrons. The predicted molar refractivity (Wildman–Crippen MR) is 119 cm³/mol. The normalized spacial score (nSPS) is 11.9. The molecule has 0 aliphatic heterocycles. The summed E-state index contributed by atoms with van der Waals surface area (Å²) in [4.78, 5) is 29.7. The van der Waals surface area contributed by atoms with Gasteiger partial charge in [0.25, 0.3) is 0 Å². The molecule has 164 valence electrons. The number of ether oxygens (including phenoxy) is 1. The molecule has 1 atom stereocenters. The lowest BCUT2D eigenvalue weighted by Gasteiger charge is -2.31. The van der Waals surface area contributed by atoms with Gasteiger partial charge in [-0.05, 0) is 37.5 Å². The second-order valence-electron chi connectivity index (χ2n) is 7.68. The maximum absolute atomic E-state index is 13.2. The first-order valence-corrected chi connectivity index (χ1v) is 10.7. The van der Waals surface area contributed by atoms with E-state index in [-0.39, 0.29) is 24.4 Å². The third kappa shape index (κ3) is 7.02. The number of aromatic nitrogens is 1. The number of benzene rings is 1. The summed E-state index contributed by atoms with van der Waals surface area (Å²) in [5.74, 6) is -0.0336. The van der Waals surface area contributed by atoms with Gasteiger partial charge in [-0.2, -0.15) is 0 Å². The summed E-state index contributed by atoms with van der Waals surface area (Å²) in [6, 6.07) is 14.0. The molecule has 2 aromatic rings. The van der Waals surface area contributed by atoms with Crippen LogP contribution in [0.25, 0.3) is 0 Å². The Balaban J connectivity index is 2.06. The van der Waals surface area contributed by atoms with Crippen molar-refractivity contribution < 1.29 is 14.3 Å². The van der Waals surface area contributed by atoms with Crippen molar-refractivity contribution in [2.75, 3.05) is 26.8 Å². The van der Waals surface area contributed by atoms with Crippen molar-refractivity contribution in [2.45, 2.75) is 45.7 Å². The number of hydrogen-bond donors (Lipinski definition) is 0. The molecule has 6 heteroatoms. The molecule has 1 heterocycles. The summed E-state index contributed by atoms with van der Waals surface area (Å²) in [7, 11) is 3.59. The van der Waals surface area contributed by atoms with Gasteiger partial charge in [0.05, 0.1) is 13.2 Å². The SMILES string of the molecule is CC[C@H](C)N(CC(=O)N(CCOC)Cc1cccn1C)C(=O)CCc1ccccc1. The van der Waals surface area contributed by atoms with Crippen LogP contribution in [0.4, 0.5) is 0 Å². The van der Waals surface area contributed by atoms with E-state index < -0.39 is 0 Å². The maximum Gasteiger partial charge on any atom is 0.242 e. The summed E-state index contributed by atoms with van der Waals surface area (Å²) in [6.45, 7) is 5.59. The number of methoxy groups -OCH3 is 1. The average molecular weight is 414 g/mol. The Bertz CT molecular complexity index is 788. The molecule has 0 bridgehead atoms. The highest BCUT2D eigenvalue weighted by Gasteiger charge is 2.25. The van der Waals surface area contributed by atoms with Crippen LogP contribution in [0.15, 0.2) is 48.7 Å². The highest BCUT2D eigenvalue weighted by Crippen LogP contribution is 2.12. The Morgan fingerprint density at radius 1 is 1.10 bits per heavy atom. The molecule has 1 aromatic heterocycles. The van der Waals surface area contributed by atoms with Gasteiger partial charge in [-0.15, -0.1) is 0 Å². The fourth-order valence-corrected chi connectivity index (χ4v) is 3.35. The topological polar surface area (TPSA) is 54.8 Å². The van der Waals surface area contributed by atoms with E-state index in [1.54, 1.807) is 16.9 Å². The number of amides is 2. The van der Waals surface area contributed by atoms with Crippen LogP contribution in [0.2, 0.25) is 0 Å². The minimum Gasteiger partial charge on any atom is -0.383 e. The van der Waals surface area contributed by atoms with Gasteiger partial charge in [-0.25, -0.2) is 0 Å². The van der Waals surface area contributed by atoms with Crippen molar-refractivity contribution in [1.29, 1.82) is 0 Å². The monoisotopic (exact) mass is 413 g/mol. The molecule has 2 rings (SSSR count). The number of rotatable bonds is 12. The Morgan fingerprint density at radius 2 is 1.83 bits per heavy atom. The van der Waals surface area contributed by atoms with Crippen LogP contribution in [0.3, 0.4) is 0 Å². The zero-order valence-corrected chi connectivity index (χ0v) is 18.7. The van der Waals surface area contributed by atoms with Gasteiger partial charge in [0.15, 0.2) is 0 Å². The van der Waals surface area contributed by atoms with Crippen LogP contribution in [0, 0.1) is 0 Å². The lowest BCUT2D eigenvalue weighted by molar-refractivity contribution is -0.143. The van der Waals surface area contributed by atoms with Gasteiger partial charge in [0.1, 0.15) is 6.54 Å². The maximum atomic E-state index is 13.2. The lowest BCUT2D eigenvalue weighted by atomic mass is 10.1. The highest BCUT2D eigenvalue weighted by molar-refractivity contribution is 5.85. The largest absolute Gasteiger partial charge is 0.383 e. The molecule has 0 saturated heterocycles. The second-order valence-corrected chi connectivity index (χ2v) is 7.68. The Morgan fingerprint density at radius 3 is 2.43 bits per heavy atom. The van der Waals surface area contributed by atoms with Crippen molar-refractivity contribution in [3.05, 3.63) is 59.9 Å². The predicted octanol–water partition coefficient (Wildman–Crippen LogP) is 3.26. The molecular formula is C24H35N3O3. The van der Waals surface area contributed by atoms with Crippen molar-refractivity contribution in [3.63, 3.8) is 0 Å². The number of nitrogens with zero attached hydrogens (tertiary/aromatic N) is 3. The quantitative estimate of drug-likeness (QED) is 0.537. The molecule has 0 spiro atoms. The van der Waals surface area contributed by atoms with E-state index in [1.165, 1.54) is 0 Å². The molecule has 0 unspecified atom stereocenters. The summed E-state index contributed by atoms with van der Waals surface area (Å²) < 4.78 is 7.20. The Labute approximate surface area is 180 Å². The molecule has 6 nitrogen and oxygen atoms in total. The summed E-state index contributed by atoms with van der Waals surface area (Å²) in [5, 5.41) is 0. The molecule has 0 saturated carbocycles. The van der Waals surface area contributed by atoms with Crippen molar-refractivity contribution in [1.82, 2.24) is 14.4 Å². The molecule has 30 heavy (non-hydrogen) atoms. The fraction of sp³-hybridized carbons (Fsp3) is 0.500. The van der Waals surface area contributed by atoms with E-state index in [9.17, 15) is 9.59 Å². The van der Waals surface area contributed by atoms with Crippen molar-refractivity contribution in [3.8, 4) is 0 Å². The van der Waals surface area contributed by atoms with E-state index in [0.717, 1.165) is 17.7 Å². The van der Waals surface area contributed by atoms with E-state index in [2.05, 4.69) is 0 Å². The number of carbonyl (C=O) groups is 2. The second kappa shape index (κ2) is 12.2. The summed E-state index contributed by atoms with van der Waals surface area (Å²) in [6.07, 6.45) is 3.85. The van der Waals surface area contributed by atoms with Gasteiger partial charge in [0, 0.05) is 45.1 Å². The molecule has 0 aliphatic rings. The van der Waals surface area contributed by atoms with Gasteiger partial charge < -0.3 is 19.1 Å². The standard InChI is InChI=1S/C24H35N3O3/c1-5-20(2)27(23(28)14-13-21-10-7-6-8-11-21)19-24(29)26(16-17-30-4)18-22-12-9-15-25(22)3/h6-12,15,20H,5,13-14,16-19H2,1-4H3/t20-/m0/s1. The highest BCUT2D eigenvalue weighted by atomic mass is 16.5. The number of aryl methyl sites for hydroxylation is 2. The first-order chi connectivity index (χ1) is 14.5.